The number of piperidine rings is 1. The molecule has 6 nitrogen and oxygen atoms in total. The van der Waals surface area contributed by atoms with Crippen LogP contribution < -0.4 is 10.1 Å². The van der Waals surface area contributed by atoms with Crippen molar-refractivity contribution in [1.29, 1.82) is 0 Å². The first-order chi connectivity index (χ1) is 12.1. The fourth-order valence-corrected chi connectivity index (χ4v) is 3.39. The van der Waals surface area contributed by atoms with E-state index in [1.807, 2.05) is 27.7 Å². The highest BCUT2D eigenvalue weighted by atomic mass is 79.9. The summed E-state index contributed by atoms with van der Waals surface area (Å²) in [7, 11) is 1.56. The van der Waals surface area contributed by atoms with Crippen LogP contribution >= 0.6 is 15.9 Å². The van der Waals surface area contributed by atoms with Crippen LogP contribution in [0.5, 0.6) is 5.75 Å². The molecular formula is C19H27BrN2O4. The third kappa shape index (κ3) is 5.13. The van der Waals surface area contributed by atoms with E-state index in [1.165, 1.54) is 0 Å². The van der Waals surface area contributed by atoms with Gasteiger partial charge in [-0.2, -0.15) is 0 Å². The van der Waals surface area contributed by atoms with Crippen LogP contribution in [0.1, 0.15) is 50.9 Å². The Bertz CT molecular complexity index is 672. The third-order valence-corrected chi connectivity index (χ3v) is 5.04. The van der Waals surface area contributed by atoms with E-state index < -0.39 is 5.60 Å². The molecule has 1 aromatic rings. The molecule has 2 atom stereocenters. The van der Waals surface area contributed by atoms with Gasteiger partial charge >= 0.3 is 6.09 Å². The molecule has 1 aliphatic rings. The van der Waals surface area contributed by atoms with Gasteiger partial charge in [0.1, 0.15) is 11.4 Å². The number of methoxy groups -OCH3 is 1. The van der Waals surface area contributed by atoms with Crippen LogP contribution in [-0.2, 0) is 4.74 Å². The van der Waals surface area contributed by atoms with E-state index >= 15 is 0 Å². The molecule has 0 radical (unpaired) electrons. The number of ether oxygens (including phenoxy) is 2. The molecule has 2 rings (SSSR count). The Kier molecular flexibility index (Phi) is 6.55. The van der Waals surface area contributed by atoms with E-state index in [1.54, 1.807) is 30.2 Å². The molecule has 1 saturated heterocycles. The van der Waals surface area contributed by atoms with E-state index in [4.69, 9.17) is 9.47 Å². The van der Waals surface area contributed by atoms with Crippen molar-refractivity contribution in [2.45, 2.75) is 58.2 Å². The first kappa shape index (κ1) is 20.6. The van der Waals surface area contributed by atoms with Crippen molar-refractivity contribution in [3.8, 4) is 5.75 Å². The Morgan fingerprint density at radius 1 is 1.31 bits per heavy atom. The van der Waals surface area contributed by atoms with Gasteiger partial charge in [0.2, 0.25) is 0 Å². The Labute approximate surface area is 163 Å². The number of amides is 2. The van der Waals surface area contributed by atoms with E-state index in [-0.39, 0.29) is 24.1 Å². The smallest absolute Gasteiger partial charge is 0.410 e. The molecule has 0 aliphatic carbocycles. The van der Waals surface area contributed by atoms with E-state index in [2.05, 4.69) is 21.2 Å². The lowest BCUT2D eigenvalue weighted by molar-refractivity contribution is 0.00700. The van der Waals surface area contributed by atoms with Crippen LogP contribution in [0.4, 0.5) is 4.79 Å². The van der Waals surface area contributed by atoms with Crippen LogP contribution in [0.3, 0.4) is 0 Å². The Balaban J connectivity index is 2.09. The molecule has 1 N–H and O–H groups in total. The van der Waals surface area contributed by atoms with Crippen molar-refractivity contribution in [2.24, 2.45) is 0 Å². The molecule has 0 spiro atoms. The topological polar surface area (TPSA) is 67.9 Å². The summed E-state index contributed by atoms with van der Waals surface area (Å²) in [6.07, 6.45) is 1.29. The number of carbonyl (C=O) groups excluding carboxylic acids is 2. The summed E-state index contributed by atoms with van der Waals surface area (Å²) in [6.45, 7) is 8.11. The normalized spacial score (nSPS) is 20.5. The molecule has 1 aliphatic heterocycles. The largest absolute Gasteiger partial charge is 0.497 e. The molecule has 2 amide bonds. The number of likely N-dealkylation sites (tertiary alicyclic amines) is 1. The van der Waals surface area contributed by atoms with Crippen molar-refractivity contribution < 1.29 is 19.1 Å². The molecule has 1 fully saturated rings. The first-order valence-electron chi connectivity index (χ1n) is 8.76. The summed E-state index contributed by atoms with van der Waals surface area (Å²) < 4.78 is 11.4. The minimum absolute atomic E-state index is 0.137. The number of hydrogen-bond donors (Lipinski definition) is 1. The molecule has 7 heteroatoms. The van der Waals surface area contributed by atoms with Gasteiger partial charge in [0.05, 0.1) is 18.7 Å². The summed E-state index contributed by atoms with van der Waals surface area (Å²) in [5.41, 5.74) is -0.0377. The number of rotatable bonds is 3. The van der Waals surface area contributed by atoms with Crippen LogP contribution in [0, 0.1) is 0 Å². The maximum absolute atomic E-state index is 12.7. The van der Waals surface area contributed by atoms with Crippen molar-refractivity contribution >= 4 is 27.9 Å². The number of benzene rings is 1. The number of halogens is 1. The molecule has 0 aromatic heterocycles. The maximum atomic E-state index is 12.7. The second kappa shape index (κ2) is 8.29. The van der Waals surface area contributed by atoms with E-state index in [0.29, 0.717) is 22.3 Å². The van der Waals surface area contributed by atoms with Gasteiger partial charge in [-0.25, -0.2) is 4.79 Å². The Hall–Kier alpha value is -1.76. The van der Waals surface area contributed by atoms with Gasteiger partial charge in [0.15, 0.2) is 0 Å². The average Bonchev–Trinajstić information content (AvgIpc) is 2.55. The Morgan fingerprint density at radius 3 is 2.62 bits per heavy atom. The summed E-state index contributed by atoms with van der Waals surface area (Å²) >= 11 is 3.41. The van der Waals surface area contributed by atoms with Crippen molar-refractivity contribution in [2.75, 3.05) is 13.7 Å². The first-order valence-corrected chi connectivity index (χ1v) is 9.55. The van der Waals surface area contributed by atoms with Crippen LogP contribution in [-0.4, -0.2) is 48.2 Å². The standard InChI is InChI=1S/C19H27BrN2O4/c1-12-16(7-6-10-22(12)18(24)26-19(2,3)4)21-17(23)14-11-13(25-5)8-9-15(14)20/h8-9,11-12,16H,6-7,10H2,1-5H3,(H,21,23)/t12-,16-/m0/s1. The van der Waals surface area contributed by atoms with Gasteiger partial charge in [-0.15, -0.1) is 0 Å². The van der Waals surface area contributed by atoms with Gasteiger partial charge in [0.25, 0.3) is 5.91 Å². The van der Waals surface area contributed by atoms with Gasteiger partial charge in [0, 0.05) is 17.1 Å². The fourth-order valence-electron chi connectivity index (χ4n) is 2.97. The third-order valence-electron chi connectivity index (χ3n) is 4.35. The molecule has 0 bridgehead atoms. The second-order valence-electron chi connectivity index (χ2n) is 7.48. The lowest BCUT2D eigenvalue weighted by Gasteiger charge is -2.40. The summed E-state index contributed by atoms with van der Waals surface area (Å²) in [5, 5.41) is 3.05. The van der Waals surface area contributed by atoms with Gasteiger partial charge in [-0.05, 0) is 74.7 Å². The van der Waals surface area contributed by atoms with Crippen molar-refractivity contribution in [1.82, 2.24) is 10.2 Å². The zero-order valence-corrected chi connectivity index (χ0v) is 17.6. The quantitative estimate of drug-likeness (QED) is 0.793. The average molecular weight is 427 g/mol. The summed E-state index contributed by atoms with van der Waals surface area (Å²) in [4.78, 5) is 26.8. The minimum Gasteiger partial charge on any atom is -0.497 e. The second-order valence-corrected chi connectivity index (χ2v) is 8.34. The number of nitrogens with zero attached hydrogens (tertiary/aromatic N) is 1. The molecular weight excluding hydrogens is 400 g/mol. The van der Waals surface area contributed by atoms with Crippen LogP contribution in [0.15, 0.2) is 22.7 Å². The fraction of sp³-hybridized carbons (Fsp3) is 0.579. The highest BCUT2D eigenvalue weighted by molar-refractivity contribution is 9.10. The highest BCUT2D eigenvalue weighted by Crippen LogP contribution is 2.24. The lowest BCUT2D eigenvalue weighted by Crippen LogP contribution is -2.56. The van der Waals surface area contributed by atoms with Crippen LogP contribution in [0.25, 0.3) is 0 Å². The summed E-state index contributed by atoms with van der Waals surface area (Å²) in [5.74, 6) is 0.420. The molecule has 26 heavy (non-hydrogen) atoms. The highest BCUT2D eigenvalue weighted by Gasteiger charge is 2.34. The van der Waals surface area contributed by atoms with Crippen molar-refractivity contribution in [3.63, 3.8) is 0 Å². The van der Waals surface area contributed by atoms with Gasteiger partial charge in [-0.1, -0.05) is 0 Å². The molecule has 0 saturated carbocycles. The number of carbonyl (C=O) groups is 2. The zero-order chi connectivity index (χ0) is 19.5. The van der Waals surface area contributed by atoms with Crippen LogP contribution in [0.2, 0.25) is 0 Å². The molecule has 0 unspecified atom stereocenters. The van der Waals surface area contributed by atoms with E-state index in [0.717, 1.165) is 12.8 Å². The Morgan fingerprint density at radius 2 is 2.00 bits per heavy atom. The monoisotopic (exact) mass is 426 g/mol. The number of hydrogen-bond acceptors (Lipinski definition) is 4. The lowest BCUT2D eigenvalue weighted by atomic mass is 9.97. The minimum atomic E-state index is -0.543. The van der Waals surface area contributed by atoms with Gasteiger partial charge < -0.3 is 19.7 Å². The molecule has 1 aromatic carbocycles. The molecule has 144 valence electrons. The van der Waals surface area contributed by atoms with E-state index in [9.17, 15) is 9.59 Å². The number of nitrogens with one attached hydrogen (secondary N) is 1. The molecule has 1 heterocycles. The summed E-state index contributed by atoms with van der Waals surface area (Å²) in [6, 6.07) is 4.98. The zero-order valence-electron chi connectivity index (χ0n) is 16.0. The van der Waals surface area contributed by atoms with Crippen molar-refractivity contribution in [3.05, 3.63) is 28.2 Å². The predicted molar refractivity (Wildman–Crippen MR) is 104 cm³/mol. The maximum Gasteiger partial charge on any atom is 0.410 e. The SMILES string of the molecule is COc1ccc(Br)c(C(=O)N[C@H]2CCCN(C(=O)OC(C)(C)C)[C@H]2C)c1. The van der Waals surface area contributed by atoms with Gasteiger partial charge in [-0.3, -0.25) is 4.79 Å². The predicted octanol–water partition coefficient (Wildman–Crippen LogP) is 3.98.